The predicted octanol–water partition coefficient (Wildman–Crippen LogP) is 3.77. The summed E-state index contributed by atoms with van der Waals surface area (Å²) in [5.41, 5.74) is 0.347. The smallest absolute Gasteiger partial charge is 0.220 e. The van der Waals surface area contributed by atoms with Gasteiger partial charge in [-0.3, -0.25) is 4.79 Å². The number of hydrogen-bond donors (Lipinski definition) is 2. The molecule has 1 heterocycles. The molecule has 1 saturated heterocycles. The second-order valence-corrected chi connectivity index (χ2v) is 7.86. The zero-order valence-electron chi connectivity index (χ0n) is 14.5. The largest absolute Gasteiger partial charge is 0.354 e. The third-order valence-corrected chi connectivity index (χ3v) is 4.38. The SMILES string of the molecule is CC(CCC(C)(C)C)NC(=O)CC(C)C1CCCNC1.Cl. The molecule has 0 saturated carbocycles. The Morgan fingerprint density at radius 1 is 1.33 bits per heavy atom. The van der Waals surface area contributed by atoms with Crippen molar-refractivity contribution in [3.63, 3.8) is 0 Å². The third kappa shape index (κ3) is 9.36. The Morgan fingerprint density at radius 3 is 2.52 bits per heavy atom. The molecule has 4 heteroatoms. The Bertz CT molecular complexity index is 296. The first-order valence-electron chi connectivity index (χ1n) is 8.28. The van der Waals surface area contributed by atoms with Crippen LogP contribution in [0, 0.1) is 17.3 Å². The van der Waals surface area contributed by atoms with E-state index in [0.717, 1.165) is 25.9 Å². The van der Waals surface area contributed by atoms with Crippen LogP contribution in [0.25, 0.3) is 0 Å². The van der Waals surface area contributed by atoms with Gasteiger partial charge in [-0.15, -0.1) is 12.4 Å². The van der Waals surface area contributed by atoms with E-state index in [4.69, 9.17) is 0 Å². The number of nitrogens with one attached hydrogen (secondary N) is 2. The van der Waals surface area contributed by atoms with E-state index in [1.54, 1.807) is 0 Å². The second kappa shape index (κ2) is 9.68. The standard InChI is InChI=1S/C17H34N2O.ClH/c1-13(15-7-6-10-18-12-15)11-16(20)19-14(2)8-9-17(3,4)5;/h13-15,18H,6-12H2,1-5H3,(H,19,20);1H. The van der Waals surface area contributed by atoms with Crippen LogP contribution in [-0.2, 0) is 4.79 Å². The molecule has 0 aromatic carbocycles. The molecule has 21 heavy (non-hydrogen) atoms. The van der Waals surface area contributed by atoms with Crippen LogP contribution in [0.5, 0.6) is 0 Å². The monoisotopic (exact) mass is 318 g/mol. The van der Waals surface area contributed by atoms with Crippen LogP contribution in [0.1, 0.15) is 66.7 Å². The van der Waals surface area contributed by atoms with Crippen molar-refractivity contribution in [1.29, 1.82) is 0 Å². The molecule has 0 radical (unpaired) electrons. The summed E-state index contributed by atoms with van der Waals surface area (Å²) in [6.07, 6.45) is 5.40. The maximum Gasteiger partial charge on any atom is 0.220 e. The van der Waals surface area contributed by atoms with Gasteiger partial charge in [0.25, 0.3) is 0 Å². The van der Waals surface area contributed by atoms with Gasteiger partial charge in [-0.2, -0.15) is 0 Å². The minimum absolute atomic E-state index is 0. The van der Waals surface area contributed by atoms with E-state index < -0.39 is 0 Å². The van der Waals surface area contributed by atoms with E-state index in [9.17, 15) is 4.79 Å². The Kier molecular flexibility index (Phi) is 9.55. The maximum absolute atomic E-state index is 12.1. The van der Waals surface area contributed by atoms with Crippen LogP contribution in [0.3, 0.4) is 0 Å². The fourth-order valence-electron chi connectivity index (χ4n) is 2.88. The highest BCUT2D eigenvalue weighted by molar-refractivity contribution is 5.85. The van der Waals surface area contributed by atoms with Crippen molar-refractivity contribution >= 4 is 18.3 Å². The number of amides is 1. The van der Waals surface area contributed by atoms with E-state index in [2.05, 4.69) is 45.3 Å². The lowest BCUT2D eigenvalue weighted by Crippen LogP contribution is -2.38. The molecule has 1 fully saturated rings. The Hall–Kier alpha value is -0.280. The zero-order chi connectivity index (χ0) is 15.2. The Labute approximate surface area is 137 Å². The third-order valence-electron chi connectivity index (χ3n) is 4.38. The molecule has 3 unspecified atom stereocenters. The summed E-state index contributed by atoms with van der Waals surface area (Å²) in [5, 5.41) is 6.60. The van der Waals surface area contributed by atoms with Crippen LogP contribution in [0.15, 0.2) is 0 Å². The zero-order valence-corrected chi connectivity index (χ0v) is 15.3. The van der Waals surface area contributed by atoms with Crippen molar-refractivity contribution in [1.82, 2.24) is 10.6 Å². The number of rotatable bonds is 6. The molecule has 1 amide bonds. The van der Waals surface area contributed by atoms with Crippen LogP contribution in [0.4, 0.5) is 0 Å². The van der Waals surface area contributed by atoms with E-state index in [0.29, 0.717) is 29.7 Å². The summed E-state index contributed by atoms with van der Waals surface area (Å²) in [6, 6.07) is 0.290. The van der Waals surface area contributed by atoms with Gasteiger partial charge in [0.1, 0.15) is 0 Å². The molecule has 1 rings (SSSR count). The van der Waals surface area contributed by atoms with Crippen LogP contribution in [0.2, 0.25) is 0 Å². The van der Waals surface area contributed by atoms with Gasteiger partial charge in [0.05, 0.1) is 0 Å². The van der Waals surface area contributed by atoms with Crippen LogP contribution in [-0.4, -0.2) is 25.0 Å². The van der Waals surface area contributed by atoms with Crippen molar-refractivity contribution in [2.45, 2.75) is 72.8 Å². The Morgan fingerprint density at radius 2 is 2.00 bits per heavy atom. The van der Waals surface area contributed by atoms with Crippen LogP contribution >= 0.6 is 12.4 Å². The first-order valence-corrected chi connectivity index (χ1v) is 8.28. The van der Waals surface area contributed by atoms with Crippen molar-refractivity contribution in [2.75, 3.05) is 13.1 Å². The maximum atomic E-state index is 12.1. The molecule has 0 aromatic rings. The van der Waals surface area contributed by atoms with Crippen LogP contribution < -0.4 is 10.6 Å². The summed E-state index contributed by atoms with van der Waals surface area (Å²) in [6.45, 7) is 13.3. The van der Waals surface area contributed by atoms with Gasteiger partial charge < -0.3 is 10.6 Å². The number of hydrogen-bond acceptors (Lipinski definition) is 2. The minimum Gasteiger partial charge on any atom is -0.354 e. The van der Waals surface area contributed by atoms with E-state index in [-0.39, 0.29) is 18.3 Å². The van der Waals surface area contributed by atoms with Gasteiger partial charge in [-0.05, 0) is 62.9 Å². The molecule has 0 aliphatic carbocycles. The fourth-order valence-corrected chi connectivity index (χ4v) is 2.88. The molecule has 0 bridgehead atoms. The van der Waals surface area contributed by atoms with Gasteiger partial charge >= 0.3 is 0 Å². The summed E-state index contributed by atoms with van der Waals surface area (Å²) in [4.78, 5) is 12.1. The summed E-state index contributed by atoms with van der Waals surface area (Å²) in [5.74, 6) is 1.38. The molecule has 126 valence electrons. The lowest BCUT2D eigenvalue weighted by molar-refractivity contribution is -0.123. The number of carbonyl (C=O) groups is 1. The molecule has 3 nitrogen and oxygen atoms in total. The highest BCUT2D eigenvalue weighted by Gasteiger charge is 2.22. The number of carbonyl (C=O) groups excluding carboxylic acids is 1. The summed E-state index contributed by atoms with van der Waals surface area (Å²) in [7, 11) is 0. The van der Waals surface area contributed by atoms with E-state index in [1.807, 2.05) is 0 Å². The topological polar surface area (TPSA) is 41.1 Å². The molecule has 2 N–H and O–H groups in total. The van der Waals surface area contributed by atoms with Crippen molar-refractivity contribution in [3.8, 4) is 0 Å². The summed E-state index contributed by atoms with van der Waals surface area (Å²) >= 11 is 0. The van der Waals surface area contributed by atoms with Crippen molar-refractivity contribution in [3.05, 3.63) is 0 Å². The van der Waals surface area contributed by atoms with Gasteiger partial charge in [0, 0.05) is 12.5 Å². The van der Waals surface area contributed by atoms with Crippen molar-refractivity contribution < 1.29 is 4.79 Å². The van der Waals surface area contributed by atoms with Gasteiger partial charge in [0.2, 0.25) is 5.91 Å². The minimum atomic E-state index is 0. The Balaban J connectivity index is 0.00000400. The molecular formula is C17H35ClN2O. The molecule has 1 aliphatic heterocycles. The average Bonchev–Trinajstić information content (AvgIpc) is 2.36. The molecule has 3 atom stereocenters. The molecule has 1 aliphatic rings. The lowest BCUT2D eigenvalue weighted by Gasteiger charge is -2.28. The quantitative estimate of drug-likeness (QED) is 0.783. The highest BCUT2D eigenvalue weighted by atomic mass is 35.5. The van der Waals surface area contributed by atoms with E-state index >= 15 is 0 Å². The first kappa shape index (κ1) is 20.7. The van der Waals surface area contributed by atoms with E-state index in [1.165, 1.54) is 12.8 Å². The molecular weight excluding hydrogens is 284 g/mol. The fraction of sp³-hybridized carbons (Fsp3) is 0.941. The van der Waals surface area contributed by atoms with Crippen molar-refractivity contribution in [2.24, 2.45) is 17.3 Å². The lowest BCUT2D eigenvalue weighted by atomic mass is 9.85. The van der Waals surface area contributed by atoms with Gasteiger partial charge in [-0.25, -0.2) is 0 Å². The number of halogens is 1. The second-order valence-electron chi connectivity index (χ2n) is 7.86. The number of piperidine rings is 1. The van der Waals surface area contributed by atoms with Gasteiger partial charge in [-0.1, -0.05) is 27.7 Å². The molecule has 0 aromatic heterocycles. The first-order chi connectivity index (χ1) is 9.28. The predicted molar refractivity (Wildman–Crippen MR) is 92.9 cm³/mol. The highest BCUT2D eigenvalue weighted by Crippen LogP contribution is 2.23. The van der Waals surface area contributed by atoms with Gasteiger partial charge in [0.15, 0.2) is 0 Å². The summed E-state index contributed by atoms with van der Waals surface area (Å²) < 4.78 is 0. The molecule has 0 spiro atoms. The normalized spacial score (nSPS) is 22.0. The average molecular weight is 319 g/mol.